The number of fused-ring (bicyclic) bond motifs is 1. The van der Waals surface area contributed by atoms with Crippen LogP contribution in [0.2, 0.25) is 0 Å². The summed E-state index contributed by atoms with van der Waals surface area (Å²) in [5, 5.41) is 45.8. The quantitative estimate of drug-likeness (QED) is 0.0215. The molecule has 3 rings (SSSR count). The van der Waals surface area contributed by atoms with Crippen molar-refractivity contribution in [2.75, 3.05) is 0 Å². The van der Waals surface area contributed by atoms with Crippen LogP contribution in [0.15, 0.2) is 30.3 Å². The molecule has 0 bridgehead atoms. The molecule has 0 aliphatic carbocycles. The summed E-state index contributed by atoms with van der Waals surface area (Å²) in [6, 6.07) is 5.65. The van der Waals surface area contributed by atoms with E-state index in [4.69, 9.17) is 9.47 Å². The molecule has 2 atom stereocenters. The van der Waals surface area contributed by atoms with Gasteiger partial charge in [-0.15, -0.1) is 0 Å². The Morgan fingerprint density at radius 2 is 0.803 bits per heavy atom. The average molecular weight is 991 g/mol. The van der Waals surface area contributed by atoms with Gasteiger partial charge in [-0.1, -0.05) is 201 Å². The fraction of sp³-hybridized carbons (Fsp3) is 0.717. The van der Waals surface area contributed by atoms with Crippen molar-refractivity contribution >= 4 is 29.1 Å². The molecule has 400 valence electrons. The molecule has 0 saturated heterocycles. The van der Waals surface area contributed by atoms with Gasteiger partial charge in [0.25, 0.3) is 0 Å². The highest BCUT2D eigenvalue weighted by Gasteiger charge is 2.82. The number of ether oxygens (including phenoxy) is 2. The van der Waals surface area contributed by atoms with Crippen LogP contribution in [0.25, 0.3) is 0 Å². The molecule has 2 aromatic carbocycles. The number of ketones is 4. The molecule has 11 nitrogen and oxygen atoms in total. The molecule has 0 aromatic heterocycles. The minimum atomic E-state index is -3.11. The number of carbonyl (C=O) groups is 5. The number of carbonyl (C=O) groups excluding carboxylic acids is 5. The second kappa shape index (κ2) is 32.6. The molecule has 0 radical (unpaired) electrons. The third-order valence-electron chi connectivity index (χ3n) is 14.8. The molecule has 2 aromatic rings. The fourth-order valence-electron chi connectivity index (χ4n) is 10.8. The molecule has 11 heteroatoms. The van der Waals surface area contributed by atoms with E-state index >= 15 is 24.0 Å². The molecular formula is C60H94O11. The zero-order valence-electron chi connectivity index (χ0n) is 44.8. The highest BCUT2D eigenvalue weighted by molar-refractivity contribution is 6.22. The lowest BCUT2D eigenvalue weighted by molar-refractivity contribution is -0.221. The molecule has 0 fully saturated rings. The van der Waals surface area contributed by atoms with Crippen molar-refractivity contribution in [1.82, 2.24) is 0 Å². The highest BCUT2D eigenvalue weighted by Crippen LogP contribution is 2.63. The Labute approximate surface area is 427 Å². The van der Waals surface area contributed by atoms with E-state index in [1.165, 1.54) is 6.07 Å². The first-order valence-electron chi connectivity index (χ1n) is 28.4. The largest absolute Gasteiger partial charge is 0.508 e. The molecule has 0 saturated carbocycles. The Morgan fingerprint density at radius 3 is 1.23 bits per heavy atom. The maximum atomic E-state index is 16.5. The first kappa shape index (κ1) is 60.9. The van der Waals surface area contributed by atoms with Gasteiger partial charge in [-0.3, -0.25) is 24.0 Å². The van der Waals surface area contributed by atoms with Crippen molar-refractivity contribution in [3.8, 4) is 28.7 Å². The summed E-state index contributed by atoms with van der Waals surface area (Å²) in [7, 11) is 0. The summed E-state index contributed by atoms with van der Waals surface area (Å²) in [6.45, 7) is 10.6. The van der Waals surface area contributed by atoms with Gasteiger partial charge < -0.3 is 29.9 Å². The van der Waals surface area contributed by atoms with Crippen molar-refractivity contribution in [2.45, 2.75) is 276 Å². The molecule has 71 heavy (non-hydrogen) atoms. The van der Waals surface area contributed by atoms with Gasteiger partial charge in [-0.2, -0.15) is 0 Å². The summed E-state index contributed by atoms with van der Waals surface area (Å²) >= 11 is 0. The van der Waals surface area contributed by atoms with Gasteiger partial charge in [0, 0.05) is 49.8 Å². The fourth-order valence-corrected chi connectivity index (χ4v) is 10.8. The van der Waals surface area contributed by atoms with E-state index in [1.54, 1.807) is 0 Å². The second-order valence-electron chi connectivity index (χ2n) is 20.5. The van der Waals surface area contributed by atoms with Gasteiger partial charge in [0.05, 0.1) is 5.56 Å². The standard InChI is InChI=1S/C60H94O11/c1-6-11-16-21-26-31-36-52(65)58(53(66)37-32-27-22-17-12-7-2)57-50(64)44-47(61)45-51(57)70-59(46-41-42-48(62)49(63)43-46,54(67)38-33-28-23-18-13-8-3)60(58,55(68)39-34-29-24-19-14-9-4)71-56(69)40-35-30-25-20-15-10-5/h41-45,61-64H,6-40H2,1-5H3. The van der Waals surface area contributed by atoms with E-state index in [0.717, 1.165) is 153 Å². The lowest BCUT2D eigenvalue weighted by Gasteiger charge is -2.58. The Bertz CT molecular complexity index is 1910. The first-order chi connectivity index (χ1) is 34.3. The van der Waals surface area contributed by atoms with Crippen LogP contribution in [0, 0.1) is 0 Å². The summed E-state index contributed by atoms with van der Waals surface area (Å²) in [5.74, 6) is -7.00. The SMILES string of the molecule is CCCCCCCCC(=O)OC1(C(=O)CCCCCCCC)C(C(=O)CCCCCCCC)(c2ccc(O)c(O)c2)Oc2cc(O)cc(O)c2C1(C(=O)CCCCCCCC)C(=O)CCCCCCCC. The van der Waals surface area contributed by atoms with Crippen LogP contribution in [0.1, 0.15) is 270 Å². The minimum Gasteiger partial charge on any atom is -0.508 e. The number of Topliss-reactive ketones (excluding diaryl/α,β-unsaturated/α-hetero) is 4. The summed E-state index contributed by atoms with van der Waals surface area (Å²) in [4.78, 5) is 80.6. The average Bonchev–Trinajstić information content (AvgIpc) is 3.34. The van der Waals surface area contributed by atoms with Crippen LogP contribution in [-0.2, 0) is 39.7 Å². The summed E-state index contributed by atoms with van der Waals surface area (Å²) in [6.07, 6.45) is 22.2. The topological polar surface area (TPSA) is 185 Å². The van der Waals surface area contributed by atoms with Gasteiger partial charge in [0.15, 0.2) is 40.0 Å². The highest BCUT2D eigenvalue weighted by atomic mass is 16.6. The van der Waals surface area contributed by atoms with Gasteiger partial charge in [-0.25, -0.2) is 0 Å². The van der Waals surface area contributed by atoms with Crippen LogP contribution < -0.4 is 4.74 Å². The van der Waals surface area contributed by atoms with E-state index in [9.17, 15) is 20.4 Å². The molecule has 4 N–H and O–H groups in total. The maximum absolute atomic E-state index is 16.5. The van der Waals surface area contributed by atoms with Crippen molar-refractivity contribution < 1.29 is 53.9 Å². The molecule has 2 unspecified atom stereocenters. The molecular weight excluding hydrogens is 897 g/mol. The van der Waals surface area contributed by atoms with Crippen molar-refractivity contribution in [1.29, 1.82) is 0 Å². The summed E-state index contributed by atoms with van der Waals surface area (Å²) in [5.41, 5.74) is -9.46. The van der Waals surface area contributed by atoms with Crippen molar-refractivity contribution in [3.63, 3.8) is 0 Å². The van der Waals surface area contributed by atoms with Crippen LogP contribution in [-0.4, -0.2) is 55.1 Å². The van der Waals surface area contributed by atoms with Gasteiger partial charge in [0.2, 0.25) is 11.2 Å². The van der Waals surface area contributed by atoms with Gasteiger partial charge in [0.1, 0.15) is 17.2 Å². The summed E-state index contributed by atoms with van der Waals surface area (Å²) < 4.78 is 13.9. The van der Waals surface area contributed by atoms with E-state index in [1.807, 2.05) is 0 Å². The Balaban J connectivity index is 2.64. The van der Waals surface area contributed by atoms with Crippen molar-refractivity contribution in [2.24, 2.45) is 0 Å². The molecule has 1 aliphatic heterocycles. The lowest BCUT2D eigenvalue weighted by Crippen LogP contribution is -2.80. The Hall–Kier alpha value is -4.41. The number of phenols is 4. The zero-order valence-corrected chi connectivity index (χ0v) is 44.8. The van der Waals surface area contributed by atoms with Crippen LogP contribution in [0.3, 0.4) is 0 Å². The van der Waals surface area contributed by atoms with Crippen molar-refractivity contribution in [3.05, 3.63) is 41.5 Å². The molecule has 0 spiro atoms. The molecule has 1 aliphatic rings. The number of phenolic OH excluding ortho intramolecular Hbond substituents is 4. The lowest BCUT2D eigenvalue weighted by atomic mass is 9.49. The predicted octanol–water partition coefficient (Wildman–Crippen LogP) is 15.3. The zero-order chi connectivity index (χ0) is 52.1. The third-order valence-corrected chi connectivity index (χ3v) is 14.8. The number of hydrogen-bond donors (Lipinski definition) is 4. The van der Waals surface area contributed by atoms with E-state index in [2.05, 4.69) is 34.6 Å². The third kappa shape index (κ3) is 16.0. The first-order valence-corrected chi connectivity index (χ1v) is 28.4. The van der Waals surface area contributed by atoms with E-state index in [-0.39, 0.29) is 44.1 Å². The van der Waals surface area contributed by atoms with Crippen LogP contribution in [0.4, 0.5) is 0 Å². The smallest absolute Gasteiger partial charge is 0.307 e. The molecule has 1 heterocycles. The number of unbranched alkanes of at least 4 members (excludes halogenated alkanes) is 25. The molecule has 0 amide bonds. The van der Waals surface area contributed by atoms with Gasteiger partial charge >= 0.3 is 5.97 Å². The number of hydrogen-bond acceptors (Lipinski definition) is 11. The Morgan fingerprint density at radius 1 is 0.423 bits per heavy atom. The minimum absolute atomic E-state index is 0.206. The normalized spacial score (nSPS) is 17.1. The Kier molecular flexibility index (Phi) is 28.0. The van der Waals surface area contributed by atoms with Crippen LogP contribution >= 0.6 is 0 Å². The number of aromatic hydroxyl groups is 4. The van der Waals surface area contributed by atoms with E-state index < -0.39 is 80.0 Å². The van der Waals surface area contributed by atoms with Gasteiger partial charge in [-0.05, 0) is 44.2 Å². The predicted molar refractivity (Wildman–Crippen MR) is 282 cm³/mol. The number of benzene rings is 2. The van der Waals surface area contributed by atoms with E-state index in [0.29, 0.717) is 57.8 Å². The second-order valence-corrected chi connectivity index (χ2v) is 20.5. The monoisotopic (exact) mass is 991 g/mol. The maximum Gasteiger partial charge on any atom is 0.307 e. The number of rotatable bonds is 41. The number of esters is 1. The van der Waals surface area contributed by atoms with Crippen LogP contribution in [0.5, 0.6) is 28.7 Å².